The summed E-state index contributed by atoms with van der Waals surface area (Å²) in [6.07, 6.45) is -1.48. The first kappa shape index (κ1) is 14.9. The van der Waals surface area contributed by atoms with E-state index in [2.05, 4.69) is 10.3 Å². The number of hydrogen-bond acceptors (Lipinski definition) is 3. The zero-order valence-electron chi connectivity index (χ0n) is 10.4. The lowest BCUT2D eigenvalue weighted by molar-refractivity contribution is -0.138. The van der Waals surface area contributed by atoms with Gasteiger partial charge in [-0.15, -0.1) is 0 Å². The van der Waals surface area contributed by atoms with Gasteiger partial charge < -0.3 is 10.1 Å². The largest absolute Gasteiger partial charge is 0.416 e. The van der Waals surface area contributed by atoms with E-state index in [1.165, 1.54) is 6.20 Å². The summed E-state index contributed by atoms with van der Waals surface area (Å²) in [5.74, 6) is 0. The molecule has 1 atom stereocenters. The predicted octanol–water partition coefficient (Wildman–Crippen LogP) is 2.79. The molecule has 0 aromatic carbocycles. The molecule has 1 N–H and O–H groups in total. The molecule has 18 heavy (non-hydrogen) atoms. The monoisotopic (exact) mass is 262 g/mol. The molecule has 0 spiro atoms. The van der Waals surface area contributed by atoms with Gasteiger partial charge in [0.15, 0.2) is 0 Å². The first-order valence-corrected chi connectivity index (χ1v) is 5.76. The highest BCUT2D eigenvalue weighted by Crippen LogP contribution is 2.34. The summed E-state index contributed by atoms with van der Waals surface area (Å²) in [5, 5.41) is 2.87. The highest BCUT2D eigenvalue weighted by Gasteiger charge is 2.34. The van der Waals surface area contributed by atoms with Crippen molar-refractivity contribution in [1.82, 2.24) is 10.3 Å². The van der Waals surface area contributed by atoms with E-state index >= 15 is 0 Å². The van der Waals surface area contributed by atoms with Crippen LogP contribution in [0, 0.1) is 0 Å². The second kappa shape index (κ2) is 6.70. The van der Waals surface area contributed by atoms with Crippen LogP contribution < -0.4 is 5.32 Å². The fourth-order valence-electron chi connectivity index (χ4n) is 1.74. The van der Waals surface area contributed by atoms with Crippen molar-refractivity contribution in [3.05, 3.63) is 29.6 Å². The fraction of sp³-hybridized carbons (Fsp3) is 0.583. The Labute approximate surface area is 104 Å². The van der Waals surface area contributed by atoms with Crippen LogP contribution >= 0.6 is 0 Å². The molecule has 1 unspecified atom stereocenters. The number of halogens is 3. The summed E-state index contributed by atoms with van der Waals surface area (Å²) in [6, 6.07) is 0.585. The minimum Gasteiger partial charge on any atom is -0.382 e. The van der Waals surface area contributed by atoms with Crippen molar-refractivity contribution < 1.29 is 17.9 Å². The second-order valence-corrected chi connectivity index (χ2v) is 3.79. The Hall–Kier alpha value is -1.14. The predicted molar refractivity (Wildman–Crippen MR) is 62.1 cm³/mol. The third-order valence-corrected chi connectivity index (χ3v) is 2.64. The van der Waals surface area contributed by atoms with Gasteiger partial charge in [-0.3, -0.25) is 4.98 Å². The molecule has 0 saturated heterocycles. The van der Waals surface area contributed by atoms with Crippen LogP contribution in [0.2, 0.25) is 0 Å². The molecular formula is C12H17F3N2O. The van der Waals surface area contributed by atoms with Crippen LogP contribution in [0.5, 0.6) is 0 Å². The summed E-state index contributed by atoms with van der Waals surface area (Å²) in [4.78, 5) is 3.78. The molecule has 3 nitrogen and oxygen atoms in total. The highest BCUT2D eigenvalue weighted by atomic mass is 19.4. The number of nitrogens with one attached hydrogen (secondary N) is 1. The van der Waals surface area contributed by atoms with Gasteiger partial charge in [-0.1, -0.05) is 0 Å². The maximum Gasteiger partial charge on any atom is 0.416 e. The van der Waals surface area contributed by atoms with Crippen LogP contribution in [0.4, 0.5) is 13.2 Å². The third kappa shape index (κ3) is 3.96. The Balaban J connectivity index is 2.91. The van der Waals surface area contributed by atoms with E-state index in [4.69, 9.17) is 4.74 Å². The van der Waals surface area contributed by atoms with E-state index in [0.29, 0.717) is 19.6 Å². The average molecular weight is 262 g/mol. The van der Waals surface area contributed by atoms with Crippen molar-refractivity contribution in [3.8, 4) is 0 Å². The molecule has 102 valence electrons. The maximum absolute atomic E-state index is 12.8. The van der Waals surface area contributed by atoms with Crippen LogP contribution in [0.15, 0.2) is 18.5 Å². The minimum atomic E-state index is -4.36. The van der Waals surface area contributed by atoms with Gasteiger partial charge >= 0.3 is 6.18 Å². The molecule has 0 amide bonds. The normalized spacial score (nSPS) is 13.6. The Bertz CT molecular complexity index is 369. The van der Waals surface area contributed by atoms with Gasteiger partial charge in [-0.05, 0) is 32.0 Å². The molecule has 6 heteroatoms. The quantitative estimate of drug-likeness (QED) is 0.800. The summed E-state index contributed by atoms with van der Waals surface area (Å²) in [7, 11) is 1.63. The van der Waals surface area contributed by atoms with Gasteiger partial charge in [0.1, 0.15) is 0 Å². The molecule has 0 bridgehead atoms. The van der Waals surface area contributed by atoms with Crippen molar-refractivity contribution in [2.24, 2.45) is 0 Å². The van der Waals surface area contributed by atoms with Crippen LogP contribution in [0.25, 0.3) is 0 Å². The minimum absolute atomic E-state index is 0.159. The molecule has 0 saturated carbocycles. The second-order valence-electron chi connectivity index (χ2n) is 3.79. The van der Waals surface area contributed by atoms with E-state index in [1.54, 1.807) is 7.05 Å². The van der Waals surface area contributed by atoms with E-state index in [1.807, 2.05) is 6.92 Å². The van der Waals surface area contributed by atoms with E-state index < -0.39 is 17.8 Å². The molecule has 0 aliphatic carbocycles. The van der Waals surface area contributed by atoms with Crippen LogP contribution in [-0.2, 0) is 10.9 Å². The zero-order valence-corrected chi connectivity index (χ0v) is 10.4. The number of pyridine rings is 1. The number of hydrogen-bond donors (Lipinski definition) is 1. The van der Waals surface area contributed by atoms with Crippen molar-refractivity contribution in [2.75, 3.05) is 20.3 Å². The Kier molecular flexibility index (Phi) is 5.55. The lowest BCUT2D eigenvalue weighted by atomic mass is 10.0. The molecule has 1 aromatic heterocycles. The van der Waals surface area contributed by atoms with Crippen LogP contribution in [0.3, 0.4) is 0 Å². The van der Waals surface area contributed by atoms with Gasteiger partial charge in [-0.2, -0.15) is 13.2 Å². The van der Waals surface area contributed by atoms with Gasteiger partial charge in [-0.25, -0.2) is 0 Å². The van der Waals surface area contributed by atoms with Crippen molar-refractivity contribution in [3.63, 3.8) is 0 Å². The average Bonchev–Trinajstić information content (AvgIpc) is 2.34. The zero-order chi connectivity index (χ0) is 13.6. The van der Waals surface area contributed by atoms with E-state index in [0.717, 1.165) is 12.3 Å². The molecular weight excluding hydrogens is 245 g/mol. The topological polar surface area (TPSA) is 34.1 Å². The lowest BCUT2D eigenvalue weighted by Crippen LogP contribution is -2.22. The molecule has 0 radical (unpaired) electrons. The standard InChI is InChI=1S/C12H17F3N2O/c1-3-18-7-5-11(16-2)9-8-17-6-4-10(9)12(13,14)15/h4,6,8,11,16H,3,5,7H2,1-2H3. The molecule has 1 aromatic rings. The van der Waals surface area contributed by atoms with Crippen LogP contribution in [0.1, 0.15) is 30.5 Å². The van der Waals surface area contributed by atoms with Crippen LogP contribution in [-0.4, -0.2) is 25.2 Å². The first-order chi connectivity index (χ1) is 8.50. The smallest absolute Gasteiger partial charge is 0.382 e. The number of aromatic nitrogens is 1. The number of nitrogens with zero attached hydrogens (tertiary/aromatic N) is 1. The number of ether oxygens (including phenoxy) is 1. The van der Waals surface area contributed by atoms with Gasteiger partial charge in [0.25, 0.3) is 0 Å². The summed E-state index contributed by atoms with van der Waals surface area (Å²) >= 11 is 0. The number of alkyl halides is 3. The summed E-state index contributed by atoms with van der Waals surface area (Å²) < 4.78 is 43.7. The summed E-state index contributed by atoms with van der Waals surface area (Å²) in [5.41, 5.74) is -0.486. The molecule has 0 aliphatic rings. The van der Waals surface area contributed by atoms with Crippen molar-refractivity contribution >= 4 is 0 Å². The molecule has 1 heterocycles. The Morgan fingerprint density at radius 2 is 2.17 bits per heavy atom. The van der Waals surface area contributed by atoms with E-state index in [-0.39, 0.29) is 5.56 Å². The Morgan fingerprint density at radius 3 is 2.72 bits per heavy atom. The summed E-state index contributed by atoms with van der Waals surface area (Å²) in [6.45, 7) is 2.81. The molecule has 0 fully saturated rings. The highest BCUT2D eigenvalue weighted by molar-refractivity contribution is 5.29. The van der Waals surface area contributed by atoms with Gasteiger partial charge in [0.05, 0.1) is 5.56 Å². The van der Waals surface area contributed by atoms with Gasteiger partial charge in [0, 0.05) is 31.6 Å². The maximum atomic E-state index is 12.8. The first-order valence-electron chi connectivity index (χ1n) is 5.76. The van der Waals surface area contributed by atoms with Gasteiger partial charge in [0.2, 0.25) is 0 Å². The van der Waals surface area contributed by atoms with Crippen molar-refractivity contribution in [1.29, 1.82) is 0 Å². The SMILES string of the molecule is CCOCCC(NC)c1cnccc1C(F)(F)F. The van der Waals surface area contributed by atoms with E-state index in [9.17, 15) is 13.2 Å². The molecule has 1 rings (SSSR count). The molecule has 0 aliphatic heterocycles. The fourth-order valence-corrected chi connectivity index (χ4v) is 1.74. The Morgan fingerprint density at radius 1 is 1.44 bits per heavy atom. The number of rotatable bonds is 6. The van der Waals surface area contributed by atoms with Crippen molar-refractivity contribution in [2.45, 2.75) is 25.6 Å². The third-order valence-electron chi connectivity index (χ3n) is 2.64. The lowest BCUT2D eigenvalue weighted by Gasteiger charge is -2.20.